The van der Waals surface area contributed by atoms with E-state index in [0.29, 0.717) is 5.69 Å². The fourth-order valence-corrected chi connectivity index (χ4v) is 1.52. The second-order valence-corrected chi connectivity index (χ2v) is 3.80. The summed E-state index contributed by atoms with van der Waals surface area (Å²) in [6.45, 7) is 1.69. The first-order valence-corrected chi connectivity index (χ1v) is 5.58. The molecule has 0 radical (unpaired) electrons. The molecule has 0 saturated heterocycles. The van der Waals surface area contributed by atoms with Gasteiger partial charge in [0.2, 0.25) is 0 Å². The average Bonchev–Trinajstić information content (AvgIpc) is 2.93. The summed E-state index contributed by atoms with van der Waals surface area (Å²) in [6.07, 6.45) is 1.35. The number of hydrogen-bond donors (Lipinski definition) is 3. The number of benzene rings is 1. The number of aromatic amines is 1. The Morgan fingerprint density at radius 3 is 3.00 bits per heavy atom. The van der Waals surface area contributed by atoms with Crippen molar-refractivity contribution in [2.75, 3.05) is 11.9 Å². The molecule has 2 aromatic rings. The predicted octanol–water partition coefficient (Wildman–Crippen LogP) is 0.709. The lowest BCUT2D eigenvalue weighted by molar-refractivity contribution is 0.102. The highest BCUT2D eigenvalue weighted by molar-refractivity contribution is 6.03. The van der Waals surface area contributed by atoms with Crippen LogP contribution in [0.15, 0.2) is 24.4 Å². The molecule has 1 heterocycles. The summed E-state index contributed by atoms with van der Waals surface area (Å²) in [7, 11) is 0. The number of nitrogens with one attached hydrogen (secondary N) is 2. The van der Waals surface area contributed by atoms with Gasteiger partial charge in [-0.2, -0.15) is 15.4 Å². The van der Waals surface area contributed by atoms with Crippen molar-refractivity contribution in [3.05, 3.63) is 41.2 Å². The molecular formula is C13H12N4O2. The summed E-state index contributed by atoms with van der Waals surface area (Å²) >= 11 is 0. The summed E-state index contributed by atoms with van der Waals surface area (Å²) in [4.78, 5) is 11.8. The number of carbonyl (C=O) groups is 1. The summed E-state index contributed by atoms with van der Waals surface area (Å²) in [6, 6.07) is 5.36. The first kappa shape index (κ1) is 12.8. The number of aliphatic hydroxyl groups is 1. The van der Waals surface area contributed by atoms with Gasteiger partial charge in [0.25, 0.3) is 5.91 Å². The van der Waals surface area contributed by atoms with E-state index in [-0.39, 0.29) is 18.2 Å². The number of nitrogens with zero attached hydrogens (tertiary/aromatic N) is 2. The van der Waals surface area contributed by atoms with Crippen molar-refractivity contribution in [3.63, 3.8) is 0 Å². The summed E-state index contributed by atoms with van der Waals surface area (Å²) in [5, 5.41) is 21.0. The van der Waals surface area contributed by atoms with Gasteiger partial charge in [-0.05, 0) is 30.7 Å². The van der Waals surface area contributed by atoms with Gasteiger partial charge < -0.3 is 10.4 Å². The lowest BCUT2D eigenvalue weighted by Crippen LogP contribution is -2.13. The molecule has 1 amide bonds. The predicted molar refractivity (Wildman–Crippen MR) is 69.5 cm³/mol. The number of hydrogen-bond acceptors (Lipinski definition) is 4. The Morgan fingerprint density at radius 1 is 1.53 bits per heavy atom. The van der Waals surface area contributed by atoms with Crippen molar-refractivity contribution in [2.45, 2.75) is 6.92 Å². The first-order valence-electron chi connectivity index (χ1n) is 5.58. The largest absolute Gasteiger partial charge is 0.384 e. The molecule has 0 bridgehead atoms. The molecule has 6 heteroatoms. The van der Waals surface area contributed by atoms with Crippen molar-refractivity contribution in [1.82, 2.24) is 15.4 Å². The maximum absolute atomic E-state index is 11.8. The standard InChI is InChI=1S/C13H12N4O2/c1-9-7-10(3-2-6-18)4-5-11(9)15-13(19)12-8-14-17-16-12/h4-5,7-8,18H,6H2,1H3,(H,15,19)(H,14,16,17). The number of aliphatic hydroxyl groups excluding tert-OH is 1. The molecule has 96 valence electrons. The highest BCUT2D eigenvalue weighted by atomic mass is 16.2. The van der Waals surface area contributed by atoms with E-state index < -0.39 is 0 Å². The number of amides is 1. The van der Waals surface area contributed by atoms with Crippen LogP contribution in [0.1, 0.15) is 21.6 Å². The Hall–Kier alpha value is -2.65. The van der Waals surface area contributed by atoms with E-state index in [1.807, 2.05) is 13.0 Å². The normalized spacial score (nSPS) is 9.58. The zero-order valence-electron chi connectivity index (χ0n) is 10.3. The zero-order chi connectivity index (χ0) is 13.7. The lowest BCUT2D eigenvalue weighted by Gasteiger charge is -2.07. The second-order valence-electron chi connectivity index (χ2n) is 3.80. The molecule has 1 aromatic carbocycles. The Morgan fingerprint density at radius 2 is 2.37 bits per heavy atom. The van der Waals surface area contributed by atoms with E-state index in [2.05, 4.69) is 32.6 Å². The van der Waals surface area contributed by atoms with Crippen LogP contribution < -0.4 is 5.32 Å². The van der Waals surface area contributed by atoms with E-state index in [4.69, 9.17) is 5.11 Å². The van der Waals surface area contributed by atoms with E-state index in [9.17, 15) is 4.79 Å². The number of carbonyl (C=O) groups excluding carboxylic acids is 1. The van der Waals surface area contributed by atoms with Gasteiger partial charge in [0.15, 0.2) is 5.69 Å². The number of H-pyrrole nitrogens is 1. The van der Waals surface area contributed by atoms with Crippen molar-refractivity contribution < 1.29 is 9.90 Å². The van der Waals surface area contributed by atoms with Crippen molar-refractivity contribution >= 4 is 11.6 Å². The van der Waals surface area contributed by atoms with Crippen LogP contribution in [0.2, 0.25) is 0 Å². The fourth-order valence-electron chi connectivity index (χ4n) is 1.52. The summed E-state index contributed by atoms with van der Waals surface area (Å²) in [5.74, 6) is 5.05. The number of rotatable bonds is 2. The van der Waals surface area contributed by atoms with Crippen molar-refractivity contribution in [3.8, 4) is 11.8 Å². The highest BCUT2D eigenvalue weighted by Crippen LogP contribution is 2.16. The minimum atomic E-state index is -0.328. The van der Waals surface area contributed by atoms with Crippen LogP contribution in [0.3, 0.4) is 0 Å². The SMILES string of the molecule is Cc1cc(C#CCO)ccc1NC(=O)c1cn[nH]n1. The second kappa shape index (κ2) is 5.80. The van der Waals surface area contributed by atoms with E-state index in [1.165, 1.54) is 6.20 Å². The molecule has 0 saturated carbocycles. The van der Waals surface area contributed by atoms with Crippen LogP contribution >= 0.6 is 0 Å². The fraction of sp³-hybridized carbons (Fsp3) is 0.154. The van der Waals surface area contributed by atoms with Gasteiger partial charge in [-0.3, -0.25) is 4.79 Å². The molecule has 1 aromatic heterocycles. The Balaban J connectivity index is 2.15. The first-order chi connectivity index (χ1) is 9.20. The summed E-state index contributed by atoms with van der Waals surface area (Å²) < 4.78 is 0. The molecule has 2 rings (SSSR count). The molecule has 0 aliphatic heterocycles. The third-order valence-electron chi connectivity index (χ3n) is 2.43. The average molecular weight is 256 g/mol. The lowest BCUT2D eigenvalue weighted by atomic mass is 10.1. The third-order valence-corrected chi connectivity index (χ3v) is 2.43. The van der Waals surface area contributed by atoms with Gasteiger partial charge in [0.05, 0.1) is 6.20 Å². The van der Waals surface area contributed by atoms with Crippen LogP contribution in [0, 0.1) is 18.8 Å². The smallest absolute Gasteiger partial charge is 0.277 e. The molecule has 0 fully saturated rings. The van der Waals surface area contributed by atoms with Crippen molar-refractivity contribution in [2.24, 2.45) is 0 Å². The quantitative estimate of drug-likeness (QED) is 0.690. The molecule has 3 N–H and O–H groups in total. The number of aryl methyl sites for hydroxylation is 1. The molecule has 0 spiro atoms. The molecule has 0 aliphatic rings. The van der Waals surface area contributed by atoms with Gasteiger partial charge in [-0.1, -0.05) is 11.8 Å². The number of anilines is 1. The molecule has 0 atom stereocenters. The Bertz CT molecular complexity index is 638. The maximum atomic E-state index is 11.8. The molecule has 0 unspecified atom stereocenters. The van der Waals surface area contributed by atoms with Crippen LogP contribution in [0.5, 0.6) is 0 Å². The molecule has 19 heavy (non-hydrogen) atoms. The maximum Gasteiger partial charge on any atom is 0.277 e. The van der Waals surface area contributed by atoms with E-state index in [1.54, 1.807) is 12.1 Å². The van der Waals surface area contributed by atoms with E-state index in [0.717, 1.165) is 11.1 Å². The monoisotopic (exact) mass is 256 g/mol. The zero-order valence-corrected chi connectivity index (χ0v) is 10.3. The molecule has 0 aliphatic carbocycles. The van der Waals surface area contributed by atoms with Crippen LogP contribution in [-0.2, 0) is 0 Å². The molecule has 6 nitrogen and oxygen atoms in total. The Labute approximate surface area is 109 Å². The van der Waals surface area contributed by atoms with Gasteiger partial charge in [-0.15, -0.1) is 0 Å². The van der Waals surface area contributed by atoms with Gasteiger partial charge in [-0.25, -0.2) is 0 Å². The van der Waals surface area contributed by atoms with Gasteiger partial charge in [0, 0.05) is 11.3 Å². The van der Waals surface area contributed by atoms with E-state index >= 15 is 0 Å². The Kier molecular flexibility index (Phi) is 3.90. The molecular weight excluding hydrogens is 244 g/mol. The van der Waals surface area contributed by atoms with Gasteiger partial charge in [0.1, 0.15) is 6.61 Å². The minimum absolute atomic E-state index is 0.177. The van der Waals surface area contributed by atoms with Crippen LogP contribution in [0.4, 0.5) is 5.69 Å². The number of aromatic nitrogens is 3. The highest BCUT2D eigenvalue weighted by Gasteiger charge is 2.10. The minimum Gasteiger partial charge on any atom is -0.384 e. The van der Waals surface area contributed by atoms with Crippen LogP contribution in [0.25, 0.3) is 0 Å². The third kappa shape index (κ3) is 3.18. The summed E-state index contributed by atoms with van der Waals surface area (Å²) in [5.41, 5.74) is 2.57. The van der Waals surface area contributed by atoms with Crippen molar-refractivity contribution in [1.29, 1.82) is 0 Å². The topological polar surface area (TPSA) is 90.9 Å². The van der Waals surface area contributed by atoms with Gasteiger partial charge >= 0.3 is 0 Å². The van der Waals surface area contributed by atoms with Crippen LogP contribution in [-0.4, -0.2) is 33.0 Å².